The number of aliphatic imine (C=N–C) groups is 1. The minimum atomic E-state index is -0.312. The normalized spacial score (nSPS) is 15.1. The van der Waals surface area contributed by atoms with Gasteiger partial charge in [0.05, 0.1) is 29.5 Å². The first-order valence-electron chi connectivity index (χ1n) is 10.2. The van der Waals surface area contributed by atoms with E-state index in [0.29, 0.717) is 48.5 Å². The zero-order valence-electron chi connectivity index (χ0n) is 17.9. The number of morpholine rings is 1. The maximum absolute atomic E-state index is 13.0. The number of thiazole rings is 1. The van der Waals surface area contributed by atoms with E-state index >= 15 is 0 Å². The van der Waals surface area contributed by atoms with Gasteiger partial charge in [-0.2, -0.15) is 0 Å². The molecular formula is C22H27FN6O2S. The van der Waals surface area contributed by atoms with Gasteiger partial charge in [0.2, 0.25) is 5.91 Å². The molecular weight excluding hydrogens is 431 g/mol. The Kier molecular flexibility index (Phi) is 8.48. The van der Waals surface area contributed by atoms with Crippen LogP contribution in [0, 0.1) is 12.7 Å². The molecule has 1 saturated heterocycles. The van der Waals surface area contributed by atoms with Crippen molar-refractivity contribution >= 4 is 40.0 Å². The lowest BCUT2D eigenvalue weighted by molar-refractivity contribution is -0.116. The van der Waals surface area contributed by atoms with Gasteiger partial charge in [-0.15, -0.1) is 0 Å². The van der Waals surface area contributed by atoms with Crippen molar-refractivity contribution in [3.8, 4) is 0 Å². The number of rotatable bonds is 9. The van der Waals surface area contributed by atoms with Gasteiger partial charge in [0.15, 0.2) is 5.13 Å². The highest BCUT2D eigenvalue weighted by atomic mass is 32.1. The number of allylic oxidation sites excluding steroid dienone is 1. The number of amides is 1. The summed E-state index contributed by atoms with van der Waals surface area (Å²) >= 11 is 1.31. The third kappa shape index (κ3) is 7.26. The van der Waals surface area contributed by atoms with Gasteiger partial charge >= 0.3 is 0 Å². The molecule has 170 valence electrons. The summed E-state index contributed by atoms with van der Waals surface area (Å²) in [4.78, 5) is 23.8. The summed E-state index contributed by atoms with van der Waals surface area (Å²) in [5, 5.41) is 6.32. The van der Waals surface area contributed by atoms with Crippen LogP contribution in [0.5, 0.6) is 0 Å². The van der Waals surface area contributed by atoms with Crippen molar-refractivity contribution < 1.29 is 13.9 Å². The van der Waals surface area contributed by atoms with E-state index in [9.17, 15) is 9.18 Å². The fourth-order valence-corrected chi connectivity index (χ4v) is 3.92. The van der Waals surface area contributed by atoms with E-state index in [-0.39, 0.29) is 11.7 Å². The number of carbonyl (C=O) groups is 1. The fraction of sp³-hybridized carbons (Fsp3) is 0.318. The van der Waals surface area contributed by atoms with E-state index in [1.807, 2.05) is 6.92 Å². The van der Waals surface area contributed by atoms with Gasteiger partial charge in [-0.3, -0.25) is 9.69 Å². The smallest absolute Gasteiger partial charge is 0.227 e. The highest BCUT2D eigenvalue weighted by Crippen LogP contribution is 2.26. The molecule has 3 rings (SSSR count). The average Bonchev–Trinajstić information content (AvgIpc) is 3.14. The van der Waals surface area contributed by atoms with Gasteiger partial charge in [0.1, 0.15) is 11.6 Å². The predicted molar refractivity (Wildman–Crippen MR) is 127 cm³/mol. The van der Waals surface area contributed by atoms with Crippen molar-refractivity contribution in [2.75, 3.05) is 43.5 Å². The highest BCUT2D eigenvalue weighted by molar-refractivity contribution is 7.16. The summed E-state index contributed by atoms with van der Waals surface area (Å²) < 4.78 is 18.3. The summed E-state index contributed by atoms with van der Waals surface area (Å²) in [6.45, 7) is 9.46. The van der Waals surface area contributed by atoms with E-state index in [4.69, 9.17) is 10.5 Å². The third-order valence-electron chi connectivity index (χ3n) is 4.68. The number of aromatic nitrogens is 1. The Morgan fingerprint density at radius 3 is 2.78 bits per heavy atom. The molecule has 1 aliphatic heterocycles. The molecule has 8 nitrogen and oxygen atoms in total. The van der Waals surface area contributed by atoms with Gasteiger partial charge in [0, 0.05) is 38.0 Å². The Labute approximate surface area is 190 Å². The lowest BCUT2D eigenvalue weighted by Gasteiger charge is -2.26. The Hall–Kier alpha value is -3.08. The second-order valence-corrected chi connectivity index (χ2v) is 8.16. The molecule has 1 aliphatic rings. The summed E-state index contributed by atoms with van der Waals surface area (Å²) in [7, 11) is 0. The van der Waals surface area contributed by atoms with Crippen LogP contribution in [0.2, 0.25) is 0 Å². The molecule has 10 heteroatoms. The topological polar surface area (TPSA) is 105 Å². The van der Waals surface area contributed by atoms with Crippen LogP contribution >= 0.6 is 11.3 Å². The third-order valence-corrected chi connectivity index (χ3v) is 5.80. The molecule has 32 heavy (non-hydrogen) atoms. The van der Waals surface area contributed by atoms with Crippen LogP contribution in [0.15, 0.2) is 47.7 Å². The molecule has 2 aromatic rings. The number of halogens is 1. The Balaban J connectivity index is 1.51. The van der Waals surface area contributed by atoms with Gasteiger partial charge in [-0.1, -0.05) is 17.9 Å². The Bertz CT molecular complexity index is 996. The molecule has 0 unspecified atom stereocenters. The number of ether oxygens (including phenoxy) is 1. The SMILES string of the molecule is C=C(/N=C\C=C(/N)c1sc(NC(=O)CCN2CCOCC2)nc1C)Nc1ccc(F)cc1. The highest BCUT2D eigenvalue weighted by Gasteiger charge is 2.14. The molecule has 0 atom stereocenters. The number of hydrogen-bond donors (Lipinski definition) is 3. The number of carbonyl (C=O) groups excluding carboxylic acids is 1. The van der Waals surface area contributed by atoms with Gasteiger partial charge in [-0.05, 0) is 37.3 Å². The molecule has 0 radical (unpaired) electrons. The zero-order valence-corrected chi connectivity index (χ0v) is 18.8. The van der Waals surface area contributed by atoms with E-state index in [0.717, 1.165) is 23.7 Å². The van der Waals surface area contributed by atoms with Crippen molar-refractivity contribution in [3.05, 3.63) is 59.1 Å². The first kappa shape index (κ1) is 23.6. The molecule has 1 fully saturated rings. The molecule has 0 bridgehead atoms. The second-order valence-electron chi connectivity index (χ2n) is 7.16. The fourth-order valence-electron chi connectivity index (χ4n) is 3.00. The van der Waals surface area contributed by atoms with E-state index in [1.165, 1.54) is 29.7 Å². The number of anilines is 2. The van der Waals surface area contributed by atoms with Crippen LogP contribution in [0.3, 0.4) is 0 Å². The maximum atomic E-state index is 13.0. The van der Waals surface area contributed by atoms with Crippen LogP contribution < -0.4 is 16.4 Å². The molecule has 0 saturated carbocycles. The van der Waals surface area contributed by atoms with Crippen molar-refractivity contribution in [1.29, 1.82) is 0 Å². The molecule has 0 aliphatic carbocycles. The Morgan fingerprint density at radius 1 is 1.34 bits per heavy atom. The van der Waals surface area contributed by atoms with Gasteiger partial charge in [0.25, 0.3) is 0 Å². The number of benzene rings is 1. The van der Waals surface area contributed by atoms with E-state index < -0.39 is 0 Å². The van der Waals surface area contributed by atoms with Gasteiger partial charge < -0.3 is 21.1 Å². The lowest BCUT2D eigenvalue weighted by atomic mass is 10.3. The summed E-state index contributed by atoms with van der Waals surface area (Å²) in [5.41, 5.74) is 8.05. The predicted octanol–water partition coefficient (Wildman–Crippen LogP) is 3.21. The molecule has 4 N–H and O–H groups in total. The number of aryl methyl sites for hydroxylation is 1. The monoisotopic (exact) mass is 458 g/mol. The van der Waals surface area contributed by atoms with Gasteiger partial charge in [-0.25, -0.2) is 14.4 Å². The van der Waals surface area contributed by atoms with Crippen LogP contribution in [0.25, 0.3) is 5.70 Å². The average molecular weight is 459 g/mol. The minimum absolute atomic E-state index is 0.0796. The summed E-state index contributed by atoms with van der Waals surface area (Å²) in [6, 6.07) is 5.89. The van der Waals surface area contributed by atoms with Crippen LogP contribution in [0.1, 0.15) is 17.0 Å². The van der Waals surface area contributed by atoms with E-state index in [2.05, 4.69) is 32.1 Å². The van der Waals surface area contributed by atoms with Crippen LogP contribution in [-0.4, -0.2) is 54.9 Å². The maximum Gasteiger partial charge on any atom is 0.227 e. The lowest BCUT2D eigenvalue weighted by Crippen LogP contribution is -2.38. The van der Waals surface area contributed by atoms with Crippen LogP contribution in [0.4, 0.5) is 15.2 Å². The zero-order chi connectivity index (χ0) is 22.9. The standard InChI is InChI=1S/C22H27FN6O2S/c1-15-21(19(24)7-9-25-16(2)27-18-5-3-17(23)4-6-18)32-22(26-15)28-20(30)8-10-29-11-13-31-14-12-29/h3-7,9,27H,2,8,10-14,24H2,1H3,(H,26,28,30)/b19-7-,25-9-. The minimum Gasteiger partial charge on any atom is -0.397 e. The van der Waals surface area contributed by atoms with E-state index in [1.54, 1.807) is 18.2 Å². The Morgan fingerprint density at radius 2 is 2.06 bits per heavy atom. The van der Waals surface area contributed by atoms with Crippen molar-refractivity contribution in [3.63, 3.8) is 0 Å². The van der Waals surface area contributed by atoms with Crippen molar-refractivity contribution in [2.24, 2.45) is 10.7 Å². The summed E-state index contributed by atoms with van der Waals surface area (Å²) in [6.07, 6.45) is 3.56. The molecule has 2 heterocycles. The molecule has 1 amide bonds. The summed E-state index contributed by atoms with van der Waals surface area (Å²) in [5.74, 6) is -0.00747. The first-order chi connectivity index (χ1) is 15.4. The number of hydrogen-bond acceptors (Lipinski definition) is 8. The number of nitrogens with zero attached hydrogens (tertiary/aromatic N) is 3. The molecule has 1 aromatic carbocycles. The first-order valence-corrected chi connectivity index (χ1v) is 11.0. The quantitative estimate of drug-likeness (QED) is 0.499. The number of nitrogens with two attached hydrogens (primary N) is 1. The molecule has 1 aromatic heterocycles. The van der Waals surface area contributed by atoms with Crippen molar-refractivity contribution in [1.82, 2.24) is 9.88 Å². The van der Waals surface area contributed by atoms with Crippen molar-refractivity contribution in [2.45, 2.75) is 13.3 Å². The van der Waals surface area contributed by atoms with Crippen LogP contribution in [-0.2, 0) is 9.53 Å². The largest absolute Gasteiger partial charge is 0.397 e. The number of nitrogens with one attached hydrogen (secondary N) is 2. The second kappa shape index (κ2) is 11.5. The molecule has 0 spiro atoms.